The lowest BCUT2D eigenvalue weighted by atomic mass is 9.82. The highest BCUT2D eigenvalue weighted by Gasteiger charge is 2.26. The third-order valence-electron chi connectivity index (χ3n) is 3.03. The van der Waals surface area contributed by atoms with Crippen LogP contribution in [0.2, 0.25) is 0 Å². The second-order valence-electron chi connectivity index (χ2n) is 4.32. The summed E-state index contributed by atoms with van der Waals surface area (Å²) < 4.78 is 5.54. The lowest BCUT2D eigenvalue weighted by molar-refractivity contribution is 0.0995. The minimum atomic E-state index is 0.515. The van der Waals surface area contributed by atoms with Crippen LogP contribution in [0.1, 0.15) is 32.6 Å². The normalized spacial score (nSPS) is 41.2. The Balaban J connectivity index is 1.56. The van der Waals surface area contributed by atoms with Crippen LogP contribution < -0.4 is 5.32 Å². The van der Waals surface area contributed by atoms with E-state index in [9.17, 15) is 0 Å². The molecule has 0 aromatic rings. The van der Waals surface area contributed by atoms with E-state index in [1.165, 1.54) is 25.7 Å². The SMILES string of the molecule is CC1CC(NCC2CCCO2)C1. The highest BCUT2D eigenvalue weighted by atomic mass is 16.5. The molecule has 1 N–H and O–H groups in total. The van der Waals surface area contributed by atoms with Crippen molar-refractivity contribution in [2.75, 3.05) is 13.2 Å². The lowest BCUT2D eigenvalue weighted by Gasteiger charge is -2.34. The van der Waals surface area contributed by atoms with Crippen LogP contribution in [0.5, 0.6) is 0 Å². The molecule has 70 valence electrons. The third-order valence-corrected chi connectivity index (χ3v) is 3.03. The molecule has 0 radical (unpaired) electrons. The van der Waals surface area contributed by atoms with Gasteiger partial charge in [0.25, 0.3) is 0 Å². The standard InChI is InChI=1S/C10H19NO/c1-8-5-9(6-8)11-7-10-3-2-4-12-10/h8-11H,2-7H2,1H3. The van der Waals surface area contributed by atoms with Gasteiger partial charge in [-0.15, -0.1) is 0 Å². The molecule has 1 saturated heterocycles. The maximum Gasteiger partial charge on any atom is 0.0700 e. The molecule has 1 unspecified atom stereocenters. The maximum atomic E-state index is 5.54. The molecule has 1 aliphatic carbocycles. The van der Waals surface area contributed by atoms with Crippen molar-refractivity contribution >= 4 is 0 Å². The molecule has 0 amide bonds. The second-order valence-corrected chi connectivity index (χ2v) is 4.32. The Bertz CT molecular complexity index is 137. The van der Waals surface area contributed by atoms with Crippen LogP contribution in [0.25, 0.3) is 0 Å². The number of ether oxygens (including phenoxy) is 1. The van der Waals surface area contributed by atoms with Crippen molar-refractivity contribution in [2.45, 2.75) is 44.8 Å². The van der Waals surface area contributed by atoms with Crippen molar-refractivity contribution in [3.63, 3.8) is 0 Å². The van der Waals surface area contributed by atoms with Crippen molar-refractivity contribution in [1.29, 1.82) is 0 Å². The number of hydrogen-bond acceptors (Lipinski definition) is 2. The van der Waals surface area contributed by atoms with Gasteiger partial charge in [-0.05, 0) is 31.6 Å². The molecule has 1 atom stereocenters. The predicted molar refractivity (Wildman–Crippen MR) is 49.2 cm³/mol. The molecule has 0 spiro atoms. The average Bonchev–Trinajstić information content (AvgIpc) is 2.47. The molecule has 2 heteroatoms. The quantitative estimate of drug-likeness (QED) is 0.692. The monoisotopic (exact) mass is 169 g/mol. The maximum absolute atomic E-state index is 5.54. The van der Waals surface area contributed by atoms with E-state index in [0.29, 0.717) is 6.10 Å². The van der Waals surface area contributed by atoms with Gasteiger partial charge < -0.3 is 10.1 Å². The van der Waals surface area contributed by atoms with E-state index >= 15 is 0 Å². The van der Waals surface area contributed by atoms with Crippen molar-refractivity contribution in [3.05, 3.63) is 0 Å². The van der Waals surface area contributed by atoms with Gasteiger partial charge in [-0.2, -0.15) is 0 Å². The van der Waals surface area contributed by atoms with Gasteiger partial charge in [0.1, 0.15) is 0 Å². The summed E-state index contributed by atoms with van der Waals surface area (Å²) in [6.07, 6.45) is 5.77. The van der Waals surface area contributed by atoms with E-state index in [-0.39, 0.29) is 0 Å². The molecule has 2 aliphatic rings. The molecule has 1 aliphatic heterocycles. The minimum Gasteiger partial charge on any atom is -0.377 e. The van der Waals surface area contributed by atoms with E-state index in [2.05, 4.69) is 12.2 Å². The summed E-state index contributed by atoms with van der Waals surface area (Å²) in [5.41, 5.74) is 0. The molecular formula is C10H19NO. The van der Waals surface area contributed by atoms with Crippen LogP contribution in [0.3, 0.4) is 0 Å². The molecule has 12 heavy (non-hydrogen) atoms. The molecule has 2 rings (SSSR count). The van der Waals surface area contributed by atoms with E-state index in [0.717, 1.165) is 25.1 Å². The zero-order valence-electron chi connectivity index (χ0n) is 7.88. The van der Waals surface area contributed by atoms with Crippen molar-refractivity contribution in [1.82, 2.24) is 5.32 Å². The fraction of sp³-hybridized carbons (Fsp3) is 1.00. The summed E-state index contributed by atoms with van der Waals surface area (Å²) in [4.78, 5) is 0. The first-order valence-electron chi connectivity index (χ1n) is 5.19. The first-order valence-corrected chi connectivity index (χ1v) is 5.19. The zero-order valence-corrected chi connectivity index (χ0v) is 7.88. The minimum absolute atomic E-state index is 0.515. The second kappa shape index (κ2) is 3.75. The first kappa shape index (κ1) is 8.52. The smallest absolute Gasteiger partial charge is 0.0700 e. The zero-order chi connectivity index (χ0) is 8.39. The Kier molecular flexibility index (Phi) is 2.66. The molecule has 1 heterocycles. The first-order chi connectivity index (χ1) is 5.84. The fourth-order valence-electron chi connectivity index (χ4n) is 2.17. The summed E-state index contributed by atoms with van der Waals surface area (Å²) >= 11 is 0. The topological polar surface area (TPSA) is 21.3 Å². The molecule has 0 bridgehead atoms. The molecule has 0 aromatic carbocycles. The van der Waals surface area contributed by atoms with E-state index in [1.807, 2.05) is 0 Å². The number of nitrogens with one attached hydrogen (secondary N) is 1. The summed E-state index contributed by atoms with van der Waals surface area (Å²) in [5.74, 6) is 0.951. The van der Waals surface area contributed by atoms with E-state index < -0.39 is 0 Å². The van der Waals surface area contributed by atoms with Crippen LogP contribution >= 0.6 is 0 Å². The van der Waals surface area contributed by atoms with Gasteiger partial charge in [0.15, 0.2) is 0 Å². The summed E-state index contributed by atoms with van der Waals surface area (Å²) in [7, 11) is 0. The van der Waals surface area contributed by atoms with Crippen LogP contribution in [0, 0.1) is 5.92 Å². The van der Waals surface area contributed by atoms with Gasteiger partial charge in [-0.1, -0.05) is 6.92 Å². The molecule has 2 nitrogen and oxygen atoms in total. The van der Waals surface area contributed by atoms with Crippen molar-refractivity contribution in [2.24, 2.45) is 5.92 Å². The molecular weight excluding hydrogens is 150 g/mol. The average molecular weight is 169 g/mol. The van der Waals surface area contributed by atoms with Crippen LogP contribution in [0.4, 0.5) is 0 Å². The van der Waals surface area contributed by atoms with Crippen molar-refractivity contribution < 1.29 is 4.74 Å². The number of rotatable bonds is 3. The van der Waals surface area contributed by atoms with Crippen LogP contribution in [-0.4, -0.2) is 25.3 Å². The highest BCUT2D eigenvalue weighted by molar-refractivity contribution is 4.83. The van der Waals surface area contributed by atoms with Crippen LogP contribution in [-0.2, 0) is 4.74 Å². The van der Waals surface area contributed by atoms with Gasteiger partial charge in [0.05, 0.1) is 6.10 Å². The van der Waals surface area contributed by atoms with Gasteiger partial charge in [-0.25, -0.2) is 0 Å². The van der Waals surface area contributed by atoms with Gasteiger partial charge in [-0.3, -0.25) is 0 Å². The van der Waals surface area contributed by atoms with E-state index in [1.54, 1.807) is 0 Å². The summed E-state index contributed by atoms with van der Waals surface area (Å²) in [5, 5.41) is 3.57. The third kappa shape index (κ3) is 1.99. The number of hydrogen-bond donors (Lipinski definition) is 1. The van der Waals surface area contributed by atoms with Gasteiger partial charge in [0, 0.05) is 19.2 Å². The Morgan fingerprint density at radius 2 is 2.25 bits per heavy atom. The molecule has 0 aromatic heterocycles. The van der Waals surface area contributed by atoms with Gasteiger partial charge >= 0.3 is 0 Å². The fourth-order valence-corrected chi connectivity index (χ4v) is 2.17. The molecule has 2 fully saturated rings. The van der Waals surface area contributed by atoms with E-state index in [4.69, 9.17) is 4.74 Å². The Hall–Kier alpha value is -0.0800. The largest absolute Gasteiger partial charge is 0.377 e. The Morgan fingerprint density at radius 1 is 1.42 bits per heavy atom. The van der Waals surface area contributed by atoms with Crippen molar-refractivity contribution in [3.8, 4) is 0 Å². The summed E-state index contributed by atoms with van der Waals surface area (Å²) in [6.45, 7) is 4.38. The lowest BCUT2D eigenvalue weighted by Crippen LogP contribution is -2.43. The predicted octanol–water partition coefficient (Wildman–Crippen LogP) is 1.55. The van der Waals surface area contributed by atoms with Crippen LogP contribution in [0.15, 0.2) is 0 Å². The molecule has 1 saturated carbocycles. The Labute approximate surface area is 74.7 Å². The van der Waals surface area contributed by atoms with Gasteiger partial charge in [0.2, 0.25) is 0 Å². The highest BCUT2D eigenvalue weighted by Crippen LogP contribution is 2.26. The summed E-state index contributed by atoms with van der Waals surface area (Å²) in [6, 6.07) is 0.796. The Morgan fingerprint density at radius 3 is 2.83 bits per heavy atom.